The molecular formula is C17H20N6S. The molecule has 1 aliphatic rings. The van der Waals surface area contributed by atoms with E-state index in [0.29, 0.717) is 11.2 Å². The van der Waals surface area contributed by atoms with Crippen molar-refractivity contribution < 1.29 is 0 Å². The lowest BCUT2D eigenvalue weighted by atomic mass is 10.0. The molecule has 124 valence electrons. The average molecular weight is 340 g/mol. The van der Waals surface area contributed by atoms with E-state index in [9.17, 15) is 0 Å². The summed E-state index contributed by atoms with van der Waals surface area (Å²) < 4.78 is 0. The van der Waals surface area contributed by atoms with Crippen LogP contribution in [0.1, 0.15) is 18.5 Å². The third-order valence-electron chi connectivity index (χ3n) is 4.67. The predicted octanol–water partition coefficient (Wildman–Crippen LogP) is 2.55. The summed E-state index contributed by atoms with van der Waals surface area (Å²) in [6.45, 7) is 6.17. The maximum absolute atomic E-state index is 5.68. The van der Waals surface area contributed by atoms with Crippen molar-refractivity contribution in [1.29, 1.82) is 0 Å². The van der Waals surface area contributed by atoms with E-state index >= 15 is 0 Å². The molecule has 1 atom stereocenters. The summed E-state index contributed by atoms with van der Waals surface area (Å²) in [5.41, 5.74) is 8.06. The van der Waals surface area contributed by atoms with Crippen molar-refractivity contribution in [2.24, 2.45) is 0 Å². The summed E-state index contributed by atoms with van der Waals surface area (Å²) in [6, 6.07) is 11.0. The highest BCUT2D eigenvalue weighted by Crippen LogP contribution is 2.27. The second-order valence-electron chi connectivity index (χ2n) is 6.08. The summed E-state index contributed by atoms with van der Waals surface area (Å²) in [5, 5.41) is 10.7. The average Bonchev–Trinajstić information content (AvgIpc) is 3.07. The van der Waals surface area contributed by atoms with E-state index in [1.807, 2.05) is 12.3 Å². The Labute approximate surface area is 144 Å². The summed E-state index contributed by atoms with van der Waals surface area (Å²) in [5.74, 6) is 0. The molecule has 0 saturated carbocycles. The Balaban J connectivity index is 1.46. The lowest BCUT2D eigenvalue weighted by Gasteiger charge is -2.38. The zero-order valence-corrected chi connectivity index (χ0v) is 14.4. The molecule has 1 aliphatic heterocycles. The van der Waals surface area contributed by atoms with Gasteiger partial charge in [0.05, 0.1) is 5.52 Å². The Kier molecular flexibility index (Phi) is 4.03. The van der Waals surface area contributed by atoms with Crippen LogP contribution >= 0.6 is 11.3 Å². The first-order valence-corrected chi connectivity index (χ1v) is 8.95. The zero-order valence-electron chi connectivity index (χ0n) is 13.6. The number of anilines is 2. The van der Waals surface area contributed by atoms with Gasteiger partial charge in [-0.15, -0.1) is 10.2 Å². The van der Waals surface area contributed by atoms with Gasteiger partial charge in [-0.05, 0) is 24.6 Å². The summed E-state index contributed by atoms with van der Waals surface area (Å²) in [4.78, 5) is 9.24. The molecule has 1 aromatic carbocycles. The Hall–Kier alpha value is -2.25. The lowest BCUT2D eigenvalue weighted by Crippen LogP contribution is -2.47. The monoisotopic (exact) mass is 340 g/mol. The van der Waals surface area contributed by atoms with Gasteiger partial charge < -0.3 is 10.6 Å². The molecule has 1 unspecified atom stereocenters. The van der Waals surface area contributed by atoms with Crippen LogP contribution in [-0.4, -0.2) is 46.3 Å². The van der Waals surface area contributed by atoms with Gasteiger partial charge in [0.1, 0.15) is 0 Å². The third kappa shape index (κ3) is 2.92. The fraction of sp³-hybridized carbons (Fsp3) is 0.353. The van der Waals surface area contributed by atoms with Crippen molar-refractivity contribution in [3.63, 3.8) is 0 Å². The highest BCUT2D eigenvalue weighted by atomic mass is 32.1. The van der Waals surface area contributed by atoms with Gasteiger partial charge in [-0.1, -0.05) is 29.5 Å². The molecule has 0 spiro atoms. The minimum atomic E-state index is 0.373. The van der Waals surface area contributed by atoms with Crippen LogP contribution in [0, 0.1) is 0 Å². The fourth-order valence-electron chi connectivity index (χ4n) is 3.21. The number of aromatic nitrogens is 3. The summed E-state index contributed by atoms with van der Waals surface area (Å²) in [6.07, 6.45) is 1.85. The van der Waals surface area contributed by atoms with E-state index in [-0.39, 0.29) is 0 Å². The van der Waals surface area contributed by atoms with Gasteiger partial charge >= 0.3 is 0 Å². The van der Waals surface area contributed by atoms with Crippen LogP contribution in [0.4, 0.5) is 10.3 Å². The molecule has 24 heavy (non-hydrogen) atoms. The minimum Gasteiger partial charge on any atom is -0.374 e. The van der Waals surface area contributed by atoms with Gasteiger partial charge in [-0.2, -0.15) is 0 Å². The SMILES string of the molecule is CC(c1ccc2cccnc2c1)N1CCN(c2nnc(N)s2)CC1. The van der Waals surface area contributed by atoms with E-state index in [0.717, 1.165) is 36.8 Å². The van der Waals surface area contributed by atoms with Crippen LogP contribution < -0.4 is 10.6 Å². The van der Waals surface area contributed by atoms with Crippen LogP contribution in [-0.2, 0) is 0 Å². The molecule has 2 N–H and O–H groups in total. The molecule has 0 amide bonds. The number of fused-ring (bicyclic) bond motifs is 1. The standard InChI is InChI=1S/C17H20N6S/c1-12(14-5-4-13-3-2-6-19-15(13)11-14)22-7-9-23(10-8-22)17-21-20-16(18)24-17/h2-6,11-12H,7-10H2,1H3,(H2,18,20). The maximum atomic E-state index is 5.68. The number of rotatable bonds is 3. The number of hydrogen-bond acceptors (Lipinski definition) is 7. The molecule has 3 heterocycles. The molecule has 4 rings (SSSR count). The summed E-state index contributed by atoms with van der Waals surface area (Å²) in [7, 11) is 0. The number of pyridine rings is 1. The number of nitrogen functional groups attached to an aromatic ring is 1. The first-order valence-electron chi connectivity index (χ1n) is 8.13. The van der Waals surface area contributed by atoms with Gasteiger partial charge in [0.25, 0.3) is 0 Å². The largest absolute Gasteiger partial charge is 0.374 e. The fourth-order valence-corrected chi connectivity index (χ4v) is 3.87. The minimum absolute atomic E-state index is 0.373. The van der Waals surface area contributed by atoms with Crippen molar-refractivity contribution in [3.8, 4) is 0 Å². The van der Waals surface area contributed by atoms with Gasteiger partial charge in [0.15, 0.2) is 0 Å². The van der Waals surface area contributed by atoms with Gasteiger partial charge in [0.2, 0.25) is 10.3 Å². The molecule has 0 bridgehead atoms. The third-order valence-corrected chi connectivity index (χ3v) is 5.49. The molecule has 1 saturated heterocycles. The second-order valence-corrected chi connectivity index (χ2v) is 7.06. The van der Waals surface area contributed by atoms with Crippen molar-refractivity contribution in [1.82, 2.24) is 20.1 Å². The first-order chi connectivity index (χ1) is 11.7. The first kappa shape index (κ1) is 15.3. The number of piperazine rings is 1. The van der Waals surface area contributed by atoms with Gasteiger partial charge in [0, 0.05) is 43.8 Å². The predicted molar refractivity (Wildman–Crippen MR) is 98.3 cm³/mol. The van der Waals surface area contributed by atoms with Crippen LogP contribution in [0.25, 0.3) is 10.9 Å². The molecule has 6 nitrogen and oxygen atoms in total. The summed E-state index contributed by atoms with van der Waals surface area (Å²) >= 11 is 1.46. The highest BCUT2D eigenvalue weighted by Gasteiger charge is 2.24. The normalized spacial score (nSPS) is 17.3. The highest BCUT2D eigenvalue weighted by molar-refractivity contribution is 7.18. The van der Waals surface area contributed by atoms with E-state index < -0.39 is 0 Å². The van der Waals surface area contributed by atoms with E-state index in [2.05, 4.69) is 56.2 Å². The van der Waals surface area contributed by atoms with Gasteiger partial charge in [-0.3, -0.25) is 9.88 Å². The van der Waals surface area contributed by atoms with Gasteiger partial charge in [-0.25, -0.2) is 0 Å². The van der Waals surface area contributed by atoms with Crippen molar-refractivity contribution >= 4 is 32.5 Å². The van der Waals surface area contributed by atoms with Crippen LogP contribution in [0.15, 0.2) is 36.5 Å². The quantitative estimate of drug-likeness (QED) is 0.790. The van der Waals surface area contributed by atoms with Crippen LogP contribution in [0.3, 0.4) is 0 Å². The molecule has 7 heteroatoms. The lowest BCUT2D eigenvalue weighted by molar-refractivity contribution is 0.198. The molecule has 3 aromatic rings. The second kappa shape index (κ2) is 6.33. The number of benzene rings is 1. The van der Waals surface area contributed by atoms with E-state index in [1.54, 1.807) is 0 Å². The smallest absolute Gasteiger partial charge is 0.210 e. The number of nitrogens with zero attached hydrogens (tertiary/aromatic N) is 5. The molecular weight excluding hydrogens is 320 g/mol. The zero-order chi connectivity index (χ0) is 16.5. The van der Waals surface area contributed by atoms with Crippen molar-refractivity contribution in [2.75, 3.05) is 36.8 Å². The number of nitrogens with two attached hydrogens (primary N) is 1. The molecule has 0 radical (unpaired) electrons. The Morgan fingerprint density at radius 3 is 2.71 bits per heavy atom. The Morgan fingerprint density at radius 1 is 1.12 bits per heavy atom. The number of hydrogen-bond donors (Lipinski definition) is 1. The van der Waals surface area contributed by atoms with Crippen molar-refractivity contribution in [2.45, 2.75) is 13.0 Å². The molecule has 2 aromatic heterocycles. The molecule has 1 fully saturated rings. The Bertz CT molecular complexity index is 840. The Morgan fingerprint density at radius 2 is 1.96 bits per heavy atom. The topological polar surface area (TPSA) is 71.2 Å². The van der Waals surface area contributed by atoms with Crippen molar-refractivity contribution in [3.05, 3.63) is 42.1 Å². The maximum Gasteiger partial charge on any atom is 0.210 e. The molecule has 0 aliphatic carbocycles. The van der Waals surface area contributed by atoms with E-state index in [1.165, 1.54) is 22.3 Å². The van der Waals surface area contributed by atoms with E-state index in [4.69, 9.17) is 5.73 Å². The van der Waals surface area contributed by atoms with Crippen LogP contribution in [0.2, 0.25) is 0 Å². The van der Waals surface area contributed by atoms with Crippen LogP contribution in [0.5, 0.6) is 0 Å².